The topological polar surface area (TPSA) is 74.2 Å². The summed E-state index contributed by atoms with van der Waals surface area (Å²) in [5.74, 6) is 1.38. The number of rotatable bonds is 7. The maximum Gasteiger partial charge on any atom is 0.243 e. The molecule has 5 heteroatoms. The molecule has 0 bridgehead atoms. The maximum absolute atomic E-state index is 5.96. The fraction of sp³-hybridized carbons (Fsp3) is 0.833. The van der Waals surface area contributed by atoms with Crippen molar-refractivity contribution in [2.24, 2.45) is 11.7 Å². The fourth-order valence-electron chi connectivity index (χ4n) is 1.55. The third-order valence-electron chi connectivity index (χ3n) is 2.67. The van der Waals surface area contributed by atoms with Crippen LogP contribution in [0.4, 0.5) is 0 Å². The molecular weight excluding hydrogens is 218 g/mol. The van der Waals surface area contributed by atoms with E-state index in [1.807, 2.05) is 20.8 Å². The summed E-state index contributed by atoms with van der Waals surface area (Å²) < 4.78 is 10.8. The molecule has 98 valence electrons. The van der Waals surface area contributed by atoms with Crippen molar-refractivity contribution in [1.29, 1.82) is 0 Å². The van der Waals surface area contributed by atoms with Gasteiger partial charge in [-0.15, -0.1) is 0 Å². The molecule has 0 aliphatic rings. The van der Waals surface area contributed by atoms with Gasteiger partial charge in [-0.05, 0) is 19.3 Å². The molecule has 0 aliphatic heterocycles. The van der Waals surface area contributed by atoms with Crippen molar-refractivity contribution in [2.45, 2.75) is 52.7 Å². The van der Waals surface area contributed by atoms with Crippen LogP contribution in [0.1, 0.15) is 64.4 Å². The lowest BCUT2D eigenvalue weighted by molar-refractivity contribution is 0.0477. The molecule has 0 saturated heterocycles. The van der Waals surface area contributed by atoms with E-state index in [2.05, 4.69) is 17.1 Å². The van der Waals surface area contributed by atoms with Gasteiger partial charge in [0.05, 0.1) is 6.04 Å². The molecule has 0 aromatic carbocycles. The molecule has 1 unspecified atom stereocenters. The molecular formula is C12H23N3O2. The molecule has 0 amide bonds. The second-order valence-corrected chi connectivity index (χ2v) is 4.49. The van der Waals surface area contributed by atoms with Gasteiger partial charge in [-0.3, -0.25) is 0 Å². The van der Waals surface area contributed by atoms with Crippen molar-refractivity contribution >= 4 is 0 Å². The maximum atomic E-state index is 5.96. The monoisotopic (exact) mass is 241 g/mol. The van der Waals surface area contributed by atoms with Gasteiger partial charge in [0, 0.05) is 6.61 Å². The van der Waals surface area contributed by atoms with E-state index in [0.29, 0.717) is 18.3 Å². The van der Waals surface area contributed by atoms with Crippen molar-refractivity contribution < 1.29 is 9.26 Å². The Balaban J connectivity index is 2.76. The number of hydrogen-bond acceptors (Lipinski definition) is 5. The molecule has 1 rings (SSSR count). The Morgan fingerprint density at radius 3 is 2.59 bits per heavy atom. The first-order valence-corrected chi connectivity index (χ1v) is 6.30. The summed E-state index contributed by atoms with van der Waals surface area (Å²) in [5.41, 5.74) is 5.96. The normalized spacial score (nSPS) is 15.2. The molecule has 0 aliphatic carbocycles. The van der Waals surface area contributed by atoms with Crippen molar-refractivity contribution in [3.05, 3.63) is 11.7 Å². The Morgan fingerprint density at radius 2 is 2.06 bits per heavy atom. The van der Waals surface area contributed by atoms with Crippen LogP contribution in [0.25, 0.3) is 0 Å². The zero-order valence-electron chi connectivity index (χ0n) is 11.1. The Hall–Kier alpha value is -0.940. The summed E-state index contributed by atoms with van der Waals surface area (Å²) in [7, 11) is 0. The lowest BCUT2D eigenvalue weighted by atomic mass is 10.1. The number of nitrogens with zero attached hydrogens (tertiary/aromatic N) is 2. The van der Waals surface area contributed by atoms with Crippen LogP contribution in [0.3, 0.4) is 0 Å². The zero-order valence-corrected chi connectivity index (χ0v) is 11.1. The number of aromatic nitrogens is 2. The summed E-state index contributed by atoms with van der Waals surface area (Å²) in [6, 6.07) is -0.208. The molecule has 2 atom stereocenters. The van der Waals surface area contributed by atoms with Gasteiger partial charge in [0.25, 0.3) is 0 Å². The number of nitrogens with two attached hydrogens (primary N) is 1. The molecule has 0 fully saturated rings. The van der Waals surface area contributed by atoms with Crippen LogP contribution in [-0.2, 0) is 4.74 Å². The van der Waals surface area contributed by atoms with Gasteiger partial charge in [-0.25, -0.2) is 0 Å². The standard InChI is InChI=1S/C12H23N3O2/c1-5-7-9(16-6-2)11-14-12(17-15-11)10(13)8(3)4/h8-10H,5-7,13H2,1-4H3/t9?,10-/m1/s1. The third kappa shape index (κ3) is 3.78. The number of ether oxygens (including phenoxy) is 1. The van der Waals surface area contributed by atoms with Gasteiger partial charge in [0.2, 0.25) is 11.7 Å². The first-order valence-electron chi connectivity index (χ1n) is 6.30. The molecule has 1 heterocycles. The first-order chi connectivity index (χ1) is 8.10. The summed E-state index contributed by atoms with van der Waals surface area (Å²) in [5, 5.41) is 3.97. The molecule has 1 aromatic heterocycles. The molecule has 0 radical (unpaired) electrons. The molecule has 0 spiro atoms. The largest absolute Gasteiger partial charge is 0.370 e. The Bertz CT molecular complexity index is 319. The van der Waals surface area contributed by atoms with Gasteiger partial charge >= 0.3 is 0 Å². The van der Waals surface area contributed by atoms with E-state index in [0.717, 1.165) is 12.8 Å². The van der Waals surface area contributed by atoms with Crippen LogP contribution in [-0.4, -0.2) is 16.7 Å². The van der Waals surface area contributed by atoms with Gasteiger partial charge in [-0.1, -0.05) is 32.3 Å². The minimum absolute atomic E-state index is 0.0816. The van der Waals surface area contributed by atoms with E-state index in [1.54, 1.807) is 0 Å². The predicted molar refractivity (Wildman–Crippen MR) is 65.3 cm³/mol. The fourth-order valence-corrected chi connectivity index (χ4v) is 1.55. The van der Waals surface area contributed by atoms with E-state index in [4.69, 9.17) is 15.0 Å². The van der Waals surface area contributed by atoms with E-state index in [-0.39, 0.29) is 18.1 Å². The zero-order chi connectivity index (χ0) is 12.8. The van der Waals surface area contributed by atoms with Gasteiger partial charge < -0.3 is 15.0 Å². The average Bonchev–Trinajstić information content (AvgIpc) is 2.76. The SMILES string of the molecule is CCCC(OCC)c1noc([C@H](N)C(C)C)n1. The van der Waals surface area contributed by atoms with E-state index in [9.17, 15) is 0 Å². The summed E-state index contributed by atoms with van der Waals surface area (Å²) in [6.07, 6.45) is 1.83. The van der Waals surface area contributed by atoms with Gasteiger partial charge in [0.15, 0.2) is 0 Å². The van der Waals surface area contributed by atoms with Crippen LogP contribution in [0.5, 0.6) is 0 Å². The van der Waals surface area contributed by atoms with Crippen LogP contribution < -0.4 is 5.73 Å². The highest BCUT2D eigenvalue weighted by Crippen LogP contribution is 2.23. The smallest absolute Gasteiger partial charge is 0.243 e. The van der Waals surface area contributed by atoms with Crippen molar-refractivity contribution in [1.82, 2.24) is 10.1 Å². The average molecular weight is 241 g/mol. The molecule has 2 N–H and O–H groups in total. The number of hydrogen-bond donors (Lipinski definition) is 1. The van der Waals surface area contributed by atoms with E-state index in [1.165, 1.54) is 0 Å². The lowest BCUT2D eigenvalue weighted by Crippen LogP contribution is -2.17. The molecule has 0 saturated carbocycles. The first kappa shape index (κ1) is 14.1. The van der Waals surface area contributed by atoms with Crippen molar-refractivity contribution in [3.8, 4) is 0 Å². The summed E-state index contributed by atoms with van der Waals surface area (Å²) >= 11 is 0. The van der Waals surface area contributed by atoms with Crippen LogP contribution in [0.15, 0.2) is 4.52 Å². The highest BCUT2D eigenvalue weighted by Gasteiger charge is 2.22. The summed E-state index contributed by atoms with van der Waals surface area (Å²) in [4.78, 5) is 4.34. The highest BCUT2D eigenvalue weighted by atomic mass is 16.5. The highest BCUT2D eigenvalue weighted by molar-refractivity contribution is 4.96. The van der Waals surface area contributed by atoms with Gasteiger partial charge in [-0.2, -0.15) is 4.98 Å². The molecule has 17 heavy (non-hydrogen) atoms. The van der Waals surface area contributed by atoms with Crippen LogP contribution in [0, 0.1) is 5.92 Å². The van der Waals surface area contributed by atoms with E-state index >= 15 is 0 Å². The minimum Gasteiger partial charge on any atom is -0.370 e. The van der Waals surface area contributed by atoms with E-state index < -0.39 is 0 Å². The Kier molecular flexibility index (Phi) is 5.58. The minimum atomic E-state index is -0.208. The third-order valence-corrected chi connectivity index (χ3v) is 2.67. The van der Waals surface area contributed by atoms with Crippen molar-refractivity contribution in [3.63, 3.8) is 0 Å². The summed E-state index contributed by atoms with van der Waals surface area (Å²) in [6.45, 7) is 8.77. The Morgan fingerprint density at radius 1 is 1.35 bits per heavy atom. The quantitative estimate of drug-likeness (QED) is 0.794. The lowest BCUT2D eigenvalue weighted by Gasteiger charge is -2.12. The van der Waals surface area contributed by atoms with Crippen LogP contribution >= 0.6 is 0 Å². The molecule has 1 aromatic rings. The Labute approximate surface area is 103 Å². The predicted octanol–water partition coefficient (Wildman–Crippen LogP) is 2.60. The second kappa shape index (κ2) is 6.71. The molecule has 5 nitrogen and oxygen atoms in total. The second-order valence-electron chi connectivity index (χ2n) is 4.49. The van der Waals surface area contributed by atoms with Crippen molar-refractivity contribution in [2.75, 3.05) is 6.61 Å². The van der Waals surface area contributed by atoms with Gasteiger partial charge in [0.1, 0.15) is 6.10 Å². The van der Waals surface area contributed by atoms with Crippen LogP contribution in [0.2, 0.25) is 0 Å².